The number of hydrogen-bond donors (Lipinski definition) is 2. The van der Waals surface area contributed by atoms with E-state index in [1.54, 1.807) is 12.4 Å². The standard InChI is InChI=1S/C23H14F2N4O2.C2HF3O2/c24-16-2-1-3-17(25)22(16)23-15(9-27-28-23)14-5-7-21-26-10-18(29(21)11-14)13-4-6-19-20(8-13)31-12-30-19;3-2(4,5)1(6)7/h1-11H,12H2,(H,27,28);(H,6,7). The summed E-state index contributed by atoms with van der Waals surface area (Å²) in [6, 6.07) is 13.2. The van der Waals surface area contributed by atoms with Crippen LogP contribution in [0.4, 0.5) is 22.0 Å². The van der Waals surface area contributed by atoms with Crippen LogP contribution in [0.25, 0.3) is 39.3 Å². The predicted molar refractivity (Wildman–Crippen MR) is 123 cm³/mol. The first-order valence-corrected chi connectivity index (χ1v) is 10.8. The lowest BCUT2D eigenvalue weighted by molar-refractivity contribution is -0.192. The molecule has 0 atom stereocenters. The van der Waals surface area contributed by atoms with Crippen LogP contribution in [0, 0.1) is 11.6 Å². The second-order valence-electron chi connectivity index (χ2n) is 7.92. The number of nitrogens with one attached hydrogen (secondary N) is 1. The van der Waals surface area contributed by atoms with Gasteiger partial charge in [0.15, 0.2) is 11.5 Å². The number of H-pyrrole nitrogens is 1. The summed E-state index contributed by atoms with van der Waals surface area (Å²) in [5, 5.41) is 13.9. The molecule has 1 aliphatic heterocycles. The lowest BCUT2D eigenvalue weighted by atomic mass is 10.0. The van der Waals surface area contributed by atoms with Crippen molar-refractivity contribution in [1.82, 2.24) is 19.6 Å². The molecule has 0 saturated carbocycles. The zero-order chi connectivity index (χ0) is 27.0. The molecular formula is C25H15F5N4O4. The second-order valence-corrected chi connectivity index (χ2v) is 7.92. The van der Waals surface area contributed by atoms with Gasteiger partial charge in [0, 0.05) is 22.9 Å². The lowest BCUT2D eigenvalue weighted by Crippen LogP contribution is -2.21. The van der Waals surface area contributed by atoms with Crippen molar-refractivity contribution in [1.29, 1.82) is 0 Å². The molecule has 2 N–H and O–H groups in total. The topological polar surface area (TPSA) is 102 Å². The molecule has 0 fully saturated rings. The summed E-state index contributed by atoms with van der Waals surface area (Å²) >= 11 is 0. The number of aromatic amines is 1. The number of aliphatic carboxylic acids is 1. The number of carboxylic acids is 1. The second kappa shape index (κ2) is 9.50. The van der Waals surface area contributed by atoms with Crippen LogP contribution in [0.3, 0.4) is 0 Å². The molecule has 0 saturated heterocycles. The third-order valence-corrected chi connectivity index (χ3v) is 5.58. The molecule has 4 heterocycles. The van der Waals surface area contributed by atoms with E-state index >= 15 is 0 Å². The molecule has 13 heteroatoms. The highest BCUT2D eigenvalue weighted by Gasteiger charge is 2.38. The first-order chi connectivity index (χ1) is 18.1. The zero-order valence-corrected chi connectivity index (χ0v) is 19.0. The van der Waals surface area contributed by atoms with Gasteiger partial charge in [-0.15, -0.1) is 0 Å². The number of carbonyl (C=O) groups is 1. The Balaban J connectivity index is 0.000000374. The zero-order valence-electron chi connectivity index (χ0n) is 19.0. The third kappa shape index (κ3) is 4.61. The Morgan fingerprint density at radius 1 is 0.974 bits per heavy atom. The summed E-state index contributed by atoms with van der Waals surface area (Å²) in [7, 11) is 0. The van der Waals surface area contributed by atoms with Crippen molar-refractivity contribution in [3.63, 3.8) is 0 Å². The predicted octanol–water partition coefficient (Wildman–Crippen LogP) is 5.70. The number of rotatable bonds is 3. The minimum Gasteiger partial charge on any atom is -0.475 e. The van der Waals surface area contributed by atoms with Crippen LogP contribution in [0.15, 0.2) is 67.1 Å². The SMILES string of the molecule is Fc1cccc(F)c1-c1[nH]ncc1-c1ccc2ncc(-c3ccc4c(c3)OCO4)n2c1.O=C(O)C(F)(F)F. The maximum atomic E-state index is 14.4. The number of halogens is 5. The molecule has 0 amide bonds. The van der Waals surface area contributed by atoms with E-state index in [-0.39, 0.29) is 18.1 Å². The van der Waals surface area contributed by atoms with Crippen molar-refractivity contribution in [2.24, 2.45) is 0 Å². The largest absolute Gasteiger partial charge is 0.490 e. The Kier molecular flexibility index (Phi) is 6.18. The van der Waals surface area contributed by atoms with E-state index in [2.05, 4.69) is 15.2 Å². The van der Waals surface area contributed by atoms with E-state index in [1.165, 1.54) is 18.2 Å². The normalized spacial score (nSPS) is 12.3. The van der Waals surface area contributed by atoms with Crippen molar-refractivity contribution in [3.8, 4) is 45.1 Å². The highest BCUT2D eigenvalue weighted by atomic mass is 19.4. The molecule has 8 nitrogen and oxygen atoms in total. The summed E-state index contributed by atoms with van der Waals surface area (Å²) < 4.78 is 73.3. The summed E-state index contributed by atoms with van der Waals surface area (Å²) in [6.45, 7) is 0.200. The van der Waals surface area contributed by atoms with Gasteiger partial charge in [-0.25, -0.2) is 18.6 Å². The molecule has 0 unspecified atom stereocenters. The quantitative estimate of drug-likeness (QED) is 0.290. The number of alkyl halides is 3. The van der Waals surface area contributed by atoms with E-state index in [0.717, 1.165) is 22.5 Å². The van der Waals surface area contributed by atoms with Crippen molar-refractivity contribution in [2.75, 3.05) is 6.79 Å². The van der Waals surface area contributed by atoms with Crippen molar-refractivity contribution < 1.29 is 41.3 Å². The molecule has 0 radical (unpaired) electrons. The molecule has 3 aromatic heterocycles. The Hall–Kier alpha value is -4.94. The number of nitrogens with zero attached hydrogens (tertiary/aromatic N) is 3. The number of aromatic nitrogens is 4. The van der Waals surface area contributed by atoms with E-state index in [9.17, 15) is 22.0 Å². The van der Waals surface area contributed by atoms with E-state index in [4.69, 9.17) is 19.4 Å². The Morgan fingerprint density at radius 3 is 2.37 bits per heavy atom. The lowest BCUT2D eigenvalue weighted by Gasteiger charge is -2.08. The van der Waals surface area contributed by atoms with Crippen LogP contribution in [-0.4, -0.2) is 43.6 Å². The number of hydrogen-bond acceptors (Lipinski definition) is 5. The van der Waals surface area contributed by atoms with Crippen molar-refractivity contribution in [3.05, 3.63) is 78.8 Å². The van der Waals surface area contributed by atoms with E-state index in [0.29, 0.717) is 17.1 Å². The Morgan fingerprint density at radius 2 is 1.66 bits per heavy atom. The first-order valence-electron chi connectivity index (χ1n) is 10.8. The first kappa shape index (κ1) is 24.7. The van der Waals surface area contributed by atoms with Gasteiger partial charge in [-0.05, 0) is 42.5 Å². The Bertz CT molecular complexity index is 1640. The fourth-order valence-corrected chi connectivity index (χ4v) is 3.84. The van der Waals surface area contributed by atoms with Gasteiger partial charge in [-0.1, -0.05) is 6.07 Å². The average Bonchev–Trinajstić information content (AvgIpc) is 3.62. The highest BCUT2D eigenvalue weighted by molar-refractivity contribution is 5.81. The van der Waals surface area contributed by atoms with Crippen LogP contribution in [0.5, 0.6) is 11.5 Å². The number of benzene rings is 2. The van der Waals surface area contributed by atoms with Gasteiger partial charge < -0.3 is 14.6 Å². The number of carboxylic acid groups (broad SMARTS) is 1. The van der Waals surface area contributed by atoms with Crippen LogP contribution < -0.4 is 9.47 Å². The van der Waals surface area contributed by atoms with Crippen LogP contribution >= 0.6 is 0 Å². The monoisotopic (exact) mass is 530 g/mol. The molecule has 0 bridgehead atoms. The molecule has 6 rings (SSSR count). The van der Waals surface area contributed by atoms with Gasteiger partial charge in [0.25, 0.3) is 0 Å². The van der Waals surface area contributed by atoms with Gasteiger partial charge in [-0.3, -0.25) is 9.50 Å². The van der Waals surface area contributed by atoms with Gasteiger partial charge >= 0.3 is 12.1 Å². The number of imidazole rings is 1. The summed E-state index contributed by atoms with van der Waals surface area (Å²) in [4.78, 5) is 13.4. The van der Waals surface area contributed by atoms with Crippen LogP contribution in [0.2, 0.25) is 0 Å². The molecule has 194 valence electrons. The third-order valence-electron chi connectivity index (χ3n) is 5.58. The maximum absolute atomic E-state index is 14.4. The molecular weight excluding hydrogens is 515 g/mol. The van der Waals surface area contributed by atoms with E-state index in [1.807, 2.05) is 40.9 Å². The number of ether oxygens (including phenoxy) is 2. The Labute approximate surface area is 209 Å². The van der Waals surface area contributed by atoms with Gasteiger partial charge in [0.2, 0.25) is 6.79 Å². The maximum Gasteiger partial charge on any atom is 0.490 e. The minimum absolute atomic E-state index is 0.142. The summed E-state index contributed by atoms with van der Waals surface area (Å²) in [6.07, 6.45) is 0.109. The molecule has 38 heavy (non-hydrogen) atoms. The van der Waals surface area contributed by atoms with Crippen LogP contribution in [0.1, 0.15) is 0 Å². The van der Waals surface area contributed by atoms with Crippen LogP contribution in [-0.2, 0) is 4.79 Å². The smallest absolute Gasteiger partial charge is 0.475 e. The summed E-state index contributed by atoms with van der Waals surface area (Å²) in [5.74, 6) is -2.69. The fourth-order valence-electron chi connectivity index (χ4n) is 3.84. The fraction of sp³-hybridized carbons (Fsp3) is 0.0800. The molecule has 0 spiro atoms. The number of pyridine rings is 1. The van der Waals surface area contributed by atoms with E-state index < -0.39 is 23.8 Å². The molecule has 1 aliphatic rings. The number of fused-ring (bicyclic) bond motifs is 2. The molecule has 2 aromatic carbocycles. The highest BCUT2D eigenvalue weighted by Crippen LogP contribution is 2.37. The van der Waals surface area contributed by atoms with Gasteiger partial charge in [0.05, 0.1) is 29.3 Å². The molecule has 0 aliphatic carbocycles. The molecule has 5 aromatic rings. The average molecular weight is 530 g/mol. The van der Waals surface area contributed by atoms with Crippen molar-refractivity contribution >= 4 is 11.6 Å². The van der Waals surface area contributed by atoms with Gasteiger partial charge in [0.1, 0.15) is 17.3 Å². The van der Waals surface area contributed by atoms with Crippen molar-refractivity contribution in [2.45, 2.75) is 6.18 Å². The minimum atomic E-state index is -5.08. The van der Waals surface area contributed by atoms with Gasteiger partial charge in [-0.2, -0.15) is 18.3 Å². The summed E-state index contributed by atoms with van der Waals surface area (Å²) in [5.41, 5.74) is 3.93.